The fourth-order valence-electron chi connectivity index (χ4n) is 2.75. The summed E-state index contributed by atoms with van der Waals surface area (Å²) in [6, 6.07) is 3.47. The molecule has 1 N–H and O–H groups in total. The van der Waals surface area contributed by atoms with Gasteiger partial charge in [0.25, 0.3) is 5.91 Å². The number of benzene rings is 1. The van der Waals surface area contributed by atoms with Crippen LogP contribution in [0.5, 0.6) is 11.5 Å². The van der Waals surface area contributed by atoms with E-state index in [1.165, 1.54) is 32.1 Å². The summed E-state index contributed by atoms with van der Waals surface area (Å²) in [5, 5.41) is 3.03. The summed E-state index contributed by atoms with van der Waals surface area (Å²) >= 11 is 3.42. The van der Waals surface area contributed by atoms with Crippen LogP contribution in [-0.2, 0) is 0 Å². The van der Waals surface area contributed by atoms with Crippen LogP contribution < -0.4 is 14.8 Å². The van der Waals surface area contributed by atoms with Gasteiger partial charge in [-0.1, -0.05) is 19.3 Å². The fraction of sp³-hybridized carbons (Fsp3) is 0.562. The van der Waals surface area contributed by atoms with E-state index in [-0.39, 0.29) is 5.91 Å². The lowest BCUT2D eigenvalue weighted by molar-refractivity contribution is 0.0942. The third-order valence-electron chi connectivity index (χ3n) is 3.99. The van der Waals surface area contributed by atoms with Crippen molar-refractivity contribution >= 4 is 21.8 Å². The van der Waals surface area contributed by atoms with E-state index in [2.05, 4.69) is 21.2 Å². The van der Waals surface area contributed by atoms with Gasteiger partial charge in [0, 0.05) is 11.0 Å². The number of carbonyl (C=O) groups excluding carboxylic acids is 1. The Morgan fingerprint density at radius 3 is 2.43 bits per heavy atom. The molecule has 1 saturated carbocycles. The number of carbonyl (C=O) groups is 1. The number of methoxy groups -OCH3 is 2. The lowest BCUT2D eigenvalue weighted by Crippen LogP contribution is -2.30. The SMILES string of the molecule is COc1cc(Br)c(C(=O)NCC2CCCCC2)cc1OC. The van der Waals surface area contributed by atoms with E-state index in [1.54, 1.807) is 26.4 Å². The van der Waals surface area contributed by atoms with Crippen molar-refractivity contribution in [2.45, 2.75) is 32.1 Å². The molecule has 4 nitrogen and oxygen atoms in total. The van der Waals surface area contributed by atoms with Crippen LogP contribution in [0.2, 0.25) is 0 Å². The minimum atomic E-state index is -0.0756. The normalized spacial score (nSPS) is 15.6. The average molecular weight is 356 g/mol. The Balaban J connectivity index is 2.04. The second kappa shape index (κ2) is 7.69. The number of amides is 1. The molecule has 1 fully saturated rings. The first kappa shape index (κ1) is 16.1. The summed E-state index contributed by atoms with van der Waals surface area (Å²) in [5.41, 5.74) is 0.573. The Kier molecular flexibility index (Phi) is 5.91. The molecule has 0 heterocycles. The molecule has 0 radical (unpaired) electrons. The van der Waals surface area contributed by atoms with E-state index < -0.39 is 0 Å². The highest BCUT2D eigenvalue weighted by atomic mass is 79.9. The molecule has 0 atom stereocenters. The third kappa shape index (κ3) is 4.13. The Hall–Kier alpha value is -1.23. The summed E-state index contributed by atoms with van der Waals surface area (Å²) in [5.74, 6) is 1.70. The Labute approximate surface area is 134 Å². The Morgan fingerprint density at radius 1 is 1.19 bits per heavy atom. The average Bonchev–Trinajstić information content (AvgIpc) is 2.53. The largest absolute Gasteiger partial charge is 0.493 e. The Morgan fingerprint density at radius 2 is 1.81 bits per heavy atom. The van der Waals surface area contributed by atoms with Crippen LogP contribution in [0.3, 0.4) is 0 Å². The van der Waals surface area contributed by atoms with Gasteiger partial charge in [-0.2, -0.15) is 0 Å². The van der Waals surface area contributed by atoms with Gasteiger partial charge in [0.05, 0.1) is 19.8 Å². The van der Waals surface area contributed by atoms with E-state index in [0.717, 1.165) is 6.54 Å². The maximum Gasteiger partial charge on any atom is 0.252 e. The number of halogens is 1. The van der Waals surface area contributed by atoms with Gasteiger partial charge in [-0.05, 0) is 46.8 Å². The quantitative estimate of drug-likeness (QED) is 0.874. The zero-order chi connectivity index (χ0) is 15.2. The minimum absolute atomic E-state index is 0.0756. The number of nitrogens with one attached hydrogen (secondary N) is 1. The molecule has 1 aliphatic carbocycles. The predicted molar refractivity (Wildman–Crippen MR) is 86.2 cm³/mol. The molecule has 1 aromatic carbocycles. The molecule has 0 unspecified atom stereocenters. The molecule has 0 bridgehead atoms. The van der Waals surface area contributed by atoms with Gasteiger partial charge < -0.3 is 14.8 Å². The van der Waals surface area contributed by atoms with E-state index in [4.69, 9.17) is 9.47 Å². The molecular weight excluding hydrogens is 334 g/mol. The topological polar surface area (TPSA) is 47.6 Å². The van der Waals surface area contributed by atoms with Crippen molar-refractivity contribution in [3.8, 4) is 11.5 Å². The van der Waals surface area contributed by atoms with Crippen molar-refractivity contribution in [3.05, 3.63) is 22.2 Å². The van der Waals surface area contributed by atoms with Crippen LogP contribution in [0.25, 0.3) is 0 Å². The third-order valence-corrected chi connectivity index (χ3v) is 4.65. The predicted octanol–water partition coefficient (Wildman–Crippen LogP) is 3.78. The maximum absolute atomic E-state index is 12.3. The van der Waals surface area contributed by atoms with Crippen LogP contribution in [0.1, 0.15) is 42.5 Å². The van der Waals surface area contributed by atoms with Crippen molar-refractivity contribution in [1.29, 1.82) is 0 Å². The van der Waals surface area contributed by atoms with Gasteiger partial charge in [0.15, 0.2) is 11.5 Å². The molecule has 21 heavy (non-hydrogen) atoms. The highest BCUT2D eigenvalue weighted by molar-refractivity contribution is 9.10. The summed E-state index contributed by atoms with van der Waals surface area (Å²) < 4.78 is 11.2. The summed E-state index contributed by atoms with van der Waals surface area (Å²) in [7, 11) is 3.14. The molecule has 0 aliphatic heterocycles. The van der Waals surface area contributed by atoms with Crippen LogP contribution >= 0.6 is 15.9 Å². The second-order valence-corrected chi connectivity index (χ2v) is 6.26. The molecule has 2 rings (SSSR count). The van der Waals surface area contributed by atoms with Crippen molar-refractivity contribution in [1.82, 2.24) is 5.32 Å². The highest BCUT2D eigenvalue weighted by Crippen LogP contribution is 2.33. The second-order valence-electron chi connectivity index (χ2n) is 5.40. The summed E-state index contributed by atoms with van der Waals surface area (Å²) in [6.07, 6.45) is 6.31. The van der Waals surface area contributed by atoms with Crippen molar-refractivity contribution in [2.24, 2.45) is 5.92 Å². The van der Waals surface area contributed by atoms with Crippen LogP contribution in [0.4, 0.5) is 0 Å². The first-order chi connectivity index (χ1) is 10.2. The molecule has 5 heteroatoms. The number of hydrogen-bond acceptors (Lipinski definition) is 3. The van der Waals surface area contributed by atoms with Crippen molar-refractivity contribution < 1.29 is 14.3 Å². The zero-order valence-electron chi connectivity index (χ0n) is 12.6. The summed E-state index contributed by atoms with van der Waals surface area (Å²) in [4.78, 5) is 12.3. The first-order valence-electron chi connectivity index (χ1n) is 7.35. The van der Waals surface area contributed by atoms with E-state index in [9.17, 15) is 4.79 Å². The van der Waals surface area contributed by atoms with Gasteiger partial charge in [-0.3, -0.25) is 4.79 Å². The van der Waals surface area contributed by atoms with Crippen molar-refractivity contribution in [3.63, 3.8) is 0 Å². The van der Waals surface area contributed by atoms with Crippen LogP contribution in [0, 0.1) is 5.92 Å². The van der Waals surface area contributed by atoms with Gasteiger partial charge in [0.2, 0.25) is 0 Å². The monoisotopic (exact) mass is 355 g/mol. The fourth-order valence-corrected chi connectivity index (χ4v) is 3.25. The smallest absolute Gasteiger partial charge is 0.252 e. The highest BCUT2D eigenvalue weighted by Gasteiger charge is 2.18. The van der Waals surface area contributed by atoms with Gasteiger partial charge in [-0.25, -0.2) is 0 Å². The minimum Gasteiger partial charge on any atom is -0.493 e. The van der Waals surface area contributed by atoms with Crippen LogP contribution in [0.15, 0.2) is 16.6 Å². The maximum atomic E-state index is 12.3. The molecule has 1 aromatic rings. The number of ether oxygens (including phenoxy) is 2. The molecule has 0 saturated heterocycles. The lowest BCUT2D eigenvalue weighted by atomic mass is 9.89. The van der Waals surface area contributed by atoms with Gasteiger partial charge >= 0.3 is 0 Å². The summed E-state index contributed by atoms with van der Waals surface area (Å²) in [6.45, 7) is 0.750. The van der Waals surface area contributed by atoms with Gasteiger partial charge in [-0.15, -0.1) is 0 Å². The van der Waals surface area contributed by atoms with Gasteiger partial charge in [0.1, 0.15) is 0 Å². The van der Waals surface area contributed by atoms with E-state index in [0.29, 0.717) is 27.5 Å². The standard InChI is InChI=1S/C16H22BrNO3/c1-20-14-8-12(13(17)9-15(14)21-2)16(19)18-10-11-6-4-3-5-7-11/h8-9,11H,3-7,10H2,1-2H3,(H,18,19). The zero-order valence-corrected chi connectivity index (χ0v) is 14.2. The first-order valence-corrected chi connectivity index (χ1v) is 8.14. The van der Waals surface area contributed by atoms with E-state index >= 15 is 0 Å². The molecule has 0 aromatic heterocycles. The van der Waals surface area contributed by atoms with Crippen LogP contribution in [-0.4, -0.2) is 26.7 Å². The molecule has 116 valence electrons. The van der Waals surface area contributed by atoms with Crippen molar-refractivity contribution in [2.75, 3.05) is 20.8 Å². The molecule has 1 aliphatic rings. The molecule has 0 spiro atoms. The number of rotatable bonds is 5. The lowest BCUT2D eigenvalue weighted by Gasteiger charge is -2.22. The Bertz CT molecular complexity index is 499. The molecular formula is C16H22BrNO3. The molecule has 1 amide bonds. The number of hydrogen-bond donors (Lipinski definition) is 1. The van der Waals surface area contributed by atoms with E-state index in [1.807, 2.05) is 0 Å².